The quantitative estimate of drug-likeness (QED) is 0.784. The number of hydrogen-bond donors (Lipinski definition) is 0. The Hall–Kier alpha value is -2.62. The maximum atomic E-state index is 12.5. The van der Waals surface area contributed by atoms with Gasteiger partial charge >= 0.3 is 5.97 Å². The fraction of sp³-hybridized carbons (Fsp3) is 0.300. The molecule has 0 aliphatic heterocycles. The standard InChI is InChI=1S/C20H23NO3/c1-14(2)16-7-5-15(6-8-16)13-21(3)19(22)17-9-11-18(12-10-17)20(23)24-4/h5-12,14H,13H2,1-4H3. The van der Waals surface area contributed by atoms with Crippen LogP contribution in [0, 0.1) is 0 Å². The molecule has 126 valence electrons. The zero-order chi connectivity index (χ0) is 17.7. The number of nitrogens with zero attached hydrogens (tertiary/aromatic N) is 1. The van der Waals surface area contributed by atoms with Gasteiger partial charge in [0.2, 0.25) is 0 Å². The van der Waals surface area contributed by atoms with Crippen molar-refractivity contribution in [1.29, 1.82) is 0 Å². The van der Waals surface area contributed by atoms with Crippen LogP contribution in [-0.4, -0.2) is 30.9 Å². The van der Waals surface area contributed by atoms with Crippen molar-refractivity contribution in [3.8, 4) is 0 Å². The van der Waals surface area contributed by atoms with Gasteiger partial charge in [0.15, 0.2) is 0 Å². The van der Waals surface area contributed by atoms with E-state index in [2.05, 4.69) is 42.8 Å². The number of carbonyl (C=O) groups is 2. The maximum absolute atomic E-state index is 12.5. The lowest BCUT2D eigenvalue weighted by Crippen LogP contribution is -2.26. The first-order chi connectivity index (χ1) is 11.4. The summed E-state index contributed by atoms with van der Waals surface area (Å²) in [5.41, 5.74) is 3.34. The highest BCUT2D eigenvalue weighted by molar-refractivity contribution is 5.96. The second-order valence-corrected chi connectivity index (χ2v) is 6.13. The molecular formula is C20H23NO3. The van der Waals surface area contributed by atoms with Gasteiger partial charge in [-0.05, 0) is 41.3 Å². The van der Waals surface area contributed by atoms with Crippen molar-refractivity contribution in [2.24, 2.45) is 0 Å². The van der Waals surface area contributed by atoms with E-state index in [-0.39, 0.29) is 5.91 Å². The summed E-state index contributed by atoms with van der Waals surface area (Å²) in [5, 5.41) is 0. The normalized spacial score (nSPS) is 10.5. The molecule has 0 fully saturated rings. The molecule has 0 saturated heterocycles. The molecule has 0 radical (unpaired) electrons. The molecule has 0 spiro atoms. The monoisotopic (exact) mass is 325 g/mol. The second-order valence-electron chi connectivity index (χ2n) is 6.13. The molecule has 4 nitrogen and oxygen atoms in total. The van der Waals surface area contributed by atoms with Gasteiger partial charge in [0.1, 0.15) is 0 Å². The van der Waals surface area contributed by atoms with Crippen molar-refractivity contribution < 1.29 is 14.3 Å². The molecule has 0 aliphatic rings. The first kappa shape index (κ1) is 17.7. The van der Waals surface area contributed by atoms with Gasteiger partial charge in [0.25, 0.3) is 5.91 Å². The van der Waals surface area contributed by atoms with Crippen LogP contribution in [0.5, 0.6) is 0 Å². The molecule has 2 rings (SSSR count). The Morgan fingerprint density at radius 3 is 2.00 bits per heavy atom. The molecule has 0 bridgehead atoms. The molecule has 4 heteroatoms. The number of carbonyl (C=O) groups excluding carboxylic acids is 2. The Balaban J connectivity index is 2.04. The lowest BCUT2D eigenvalue weighted by atomic mass is 10.0. The molecule has 0 aromatic heterocycles. The molecule has 24 heavy (non-hydrogen) atoms. The van der Waals surface area contributed by atoms with E-state index < -0.39 is 5.97 Å². The van der Waals surface area contributed by atoms with Gasteiger partial charge in [-0.2, -0.15) is 0 Å². The molecule has 0 heterocycles. The molecule has 0 N–H and O–H groups in total. The zero-order valence-corrected chi connectivity index (χ0v) is 14.6. The van der Waals surface area contributed by atoms with Crippen molar-refractivity contribution in [1.82, 2.24) is 4.90 Å². The van der Waals surface area contributed by atoms with Gasteiger partial charge in [0.05, 0.1) is 12.7 Å². The number of methoxy groups -OCH3 is 1. The summed E-state index contributed by atoms with van der Waals surface area (Å²) in [6.07, 6.45) is 0. The largest absolute Gasteiger partial charge is 0.465 e. The maximum Gasteiger partial charge on any atom is 0.337 e. The van der Waals surface area contributed by atoms with Crippen molar-refractivity contribution >= 4 is 11.9 Å². The summed E-state index contributed by atoms with van der Waals surface area (Å²) in [7, 11) is 3.10. The summed E-state index contributed by atoms with van der Waals surface area (Å²) < 4.78 is 4.66. The minimum Gasteiger partial charge on any atom is -0.465 e. The second kappa shape index (κ2) is 7.77. The van der Waals surface area contributed by atoms with Crippen LogP contribution in [0.1, 0.15) is 51.6 Å². The topological polar surface area (TPSA) is 46.6 Å². The average Bonchev–Trinajstić information content (AvgIpc) is 2.61. The number of esters is 1. The third kappa shape index (κ3) is 4.22. The van der Waals surface area contributed by atoms with E-state index in [9.17, 15) is 9.59 Å². The number of hydrogen-bond acceptors (Lipinski definition) is 3. The van der Waals surface area contributed by atoms with Gasteiger partial charge in [-0.15, -0.1) is 0 Å². The van der Waals surface area contributed by atoms with E-state index in [1.807, 2.05) is 0 Å². The van der Waals surface area contributed by atoms with Crippen LogP contribution < -0.4 is 0 Å². The minimum absolute atomic E-state index is 0.0839. The van der Waals surface area contributed by atoms with Crippen LogP contribution in [0.25, 0.3) is 0 Å². The van der Waals surface area contributed by atoms with E-state index >= 15 is 0 Å². The Morgan fingerprint density at radius 1 is 0.958 bits per heavy atom. The molecule has 2 aromatic carbocycles. The fourth-order valence-electron chi connectivity index (χ4n) is 2.44. The SMILES string of the molecule is COC(=O)c1ccc(C(=O)N(C)Cc2ccc(C(C)C)cc2)cc1. The van der Waals surface area contributed by atoms with E-state index in [0.717, 1.165) is 5.56 Å². The number of benzene rings is 2. The van der Waals surface area contributed by atoms with Crippen molar-refractivity contribution in [2.45, 2.75) is 26.3 Å². The predicted molar refractivity (Wildman–Crippen MR) is 94.1 cm³/mol. The molecular weight excluding hydrogens is 302 g/mol. The van der Waals surface area contributed by atoms with Crippen LogP contribution in [0.3, 0.4) is 0 Å². The number of amides is 1. The van der Waals surface area contributed by atoms with Gasteiger partial charge in [-0.3, -0.25) is 4.79 Å². The highest BCUT2D eigenvalue weighted by Gasteiger charge is 2.13. The van der Waals surface area contributed by atoms with Crippen LogP contribution >= 0.6 is 0 Å². The molecule has 2 aromatic rings. The van der Waals surface area contributed by atoms with Crippen molar-refractivity contribution in [3.05, 3.63) is 70.8 Å². The molecule has 0 unspecified atom stereocenters. The number of ether oxygens (including phenoxy) is 1. The first-order valence-electron chi connectivity index (χ1n) is 7.95. The van der Waals surface area contributed by atoms with E-state index in [0.29, 0.717) is 23.6 Å². The Labute approximate surface area is 143 Å². The Morgan fingerprint density at radius 2 is 1.50 bits per heavy atom. The van der Waals surface area contributed by atoms with Crippen molar-refractivity contribution in [3.63, 3.8) is 0 Å². The Kier molecular flexibility index (Phi) is 5.74. The molecule has 1 amide bonds. The lowest BCUT2D eigenvalue weighted by Gasteiger charge is -2.18. The average molecular weight is 325 g/mol. The van der Waals surface area contributed by atoms with Crippen LogP contribution in [0.15, 0.2) is 48.5 Å². The highest BCUT2D eigenvalue weighted by atomic mass is 16.5. The highest BCUT2D eigenvalue weighted by Crippen LogP contribution is 2.16. The van der Waals surface area contributed by atoms with Gasteiger partial charge in [-0.1, -0.05) is 38.1 Å². The number of rotatable bonds is 5. The Bertz CT molecular complexity index is 703. The van der Waals surface area contributed by atoms with E-state index in [4.69, 9.17) is 0 Å². The summed E-state index contributed by atoms with van der Waals surface area (Å²) in [6, 6.07) is 14.8. The van der Waals surface area contributed by atoms with Crippen LogP contribution in [-0.2, 0) is 11.3 Å². The summed E-state index contributed by atoms with van der Waals surface area (Å²) >= 11 is 0. The smallest absolute Gasteiger partial charge is 0.337 e. The minimum atomic E-state index is -0.410. The summed E-state index contributed by atoms with van der Waals surface area (Å²) in [6.45, 7) is 4.85. The van der Waals surface area contributed by atoms with Gasteiger partial charge in [-0.25, -0.2) is 4.79 Å². The summed E-state index contributed by atoms with van der Waals surface area (Å²) in [4.78, 5) is 25.6. The summed E-state index contributed by atoms with van der Waals surface area (Å²) in [5.74, 6) is -0.00122. The van der Waals surface area contributed by atoms with Gasteiger partial charge in [0, 0.05) is 19.2 Å². The van der Waals surface area contributed by atoms with Crippen LogP contribution in [0.4, 0.5) is 0 Å². The van der Waals surface area contributed by atoms with Crippen molar-refractivity contribution in [2.75, 3.05) is 14.2 Å². The predicted octanol–water partition coefficient (Wildman–Crippen LogP) is 3.87. The third-order valence-electron chi connectivity index (χ3n) is 3.97. The fourth-order valence-corrected chi connectivity index (χ4v) is 2.44. The molecule has 0 atom stereocenters. The van der Waals surface area contributed by atoms with Gasteiger partial charge < -0.3 is 9.64 Å². The van der Waals surface area contributed by atoms with E-state index in [1.165, 1.54) is 12.7 Å². The molecule has 0 aliphatic carbocycles. The first-order valence-corrected chi connectivity index (χ1v) is 7.95. The third-order valence-corrected chi connectivity index (χ3v) is 3.97. The zero-order valence-electron chi connectivity index (χ0n) is 14.6. The van der Waals surface area contributed by atoms with E-state index in [1.54, 1.807) is 36.2 Å². The molecule has 0 saturated carbocycles. The lowest BCUT2D eigenvalue weighted by molar-refractivity contribution is 0.0600. The van der Waals surface area contributed by atoms with Crippen LogP contribution in [0.2, 0.25) is 0 Å².